The molecule has 0 aliphatic carbocycles. The molecule has 2 atom stereocenters. The van der Waals surface area contributed by atoms with E-state index in [1.807, 2.05) is 21.1 Å². The number of phosphoric ester groups is 1. The largest absolute Gasteiger partial charge is 0.472 e. The van der Waals surface area contributed by atoms with Crippen LogP contribution < -0.4 is 0 Å². The van der Waals surface area contributed by atoms with Crippen molar-refractivity contribution in [3.05, 3.63) is 146 Å². The van der Waals surface area contributed by atoms with Gasteiger partial charge in [0, 0.05) is 12.8 Å². The molecule has 0 spiro atoms. The zero-order valence-corrected chi connectivity index (χ0v) is 63.7. The SMILES string of the molecule is CC/C=C\C/C=C\C/C=C\C/C=C\C/C=C\C/C=C\C/C=C\C/C=C\C/C=C\C/C=C\CCCCCCCCCCC(=O)OC(COC(=O)CCCCCCCCCCCCCCCCCCCCCCC/C=C\C/C=C\CCCCCCC)COP(=O)(O)OCC[N+](C)(C)C. The maximum atomic E-state index is 12.9. The van der Waals surface area contributed by atoms with Crippen molar-refractivity contribution in [2.75, 3.05) is 47.5 Å². The van der Waals surface area contributed by atoms with E-state index in [0.717, 1.165) is 116 Å². The smallest absolute Gasteiger partial charge is 0.462 e. The van der Waals surface area contributed by atoms with Crippen LogP contribution >= 0.6 is 7.82 Å². The first-order valence-electron chi connectivity index (χ1n) is 39.6. The Kier molecular flexibility index (Phi) is 71.9. The van der Waals surface area contributed by atoms with E-state index in [0.29, 0.717) is 17.4 Å². The quantitative estimate of drug-likeness (QED) is 0.0211. The first-order chi connectivity index (χ1) is 47.0. The molecule has 0 aliphatic heterocycles. The minimum atomic E-state index is -4.41. The Morgan fingerprint density at radius 2 is 0.594 bits per heavy atom. The lowest BCUT2D eigenvalue weighted by atomic mass is 10.0. The number of nitrogens with zero attached hydrogens (tertiary/aromatic N) is 1. The summed E-state index contributed by atoms with van der Waals surface area (Å²) in [5.74, 6) is -0.803. The molecule has 0 radical (unpaired) electrons. The average Bonchev–Trinajstić information content (AvgIpc) is 1.98. The second-order valence-electron chi connectivity index (χ2n) is 27.4. The van der Waals surface area contributed by atoms with Crippen molar-refractivity contribution < 1.29 is 42.1 Å². The number of carbonyl (C=O) groups is 2. The van der Waals surface area contributed by atoms with Crippen LogP contribution in [0.3, 0.4) is 0 Å². The molecule has 0 aliphatic rings. The molecule has 1 N–H and O–H groups in total. The second-order valence-corrected chi connectivity index (χ2v) is 28.8. The molecule has 0 heterocycles. The van der Waals surface area contributed by atoms with Crippen LogP contribution in [0.25, 0.3) is 0 Å². The number of hydrogen-bond acceptors (Lipinski definition) is 7. The third-order valence-electron chi connectivity index (χ3n) is 16.9. The highest BCUT2D eigenvalue weighted by Crippen LogP contribution is 2.43. The van der Waals surface area contributed by atoms with Crippen molar-refractivity contribution in [1.29, 1.82) is 0 Å². The predicted octanol–water partition coefficient (Wildman–Crippen LogP) is 26.5. The minimum absolute atomic E-state index is 0.0248. The van der Waals surface area contributed by atoms with E-state index in [4.69, 9.17) is 18.5 Å². The van der Waals surface area contributed by atoms with E-state index in [2.05, 4.69) is 160 Å². The molecule has 0 aromatic carbocycles. The van der Waals surface area contributed by atoms with Crippen molar-refractivity contribution in [2.45, 2.75) is 341 Å². The van der Waals surface area contributed by atoms with Gasteiger partial charge < -0.3 is 18.9 Å². The lowest BCUT2D eigenvalue weighted by Crippen LogP contribution is -2.37. The summed E-state index contributed by atoms with van der Waals surface area (Å²) in [5.41, 5.74) is 0. The van der Waals surface area contributed by atoms with Crippen molar-refractivity contribution in [1.82, 2.24) is 0 Å². The first-order valence-corrected chi connectivity index (χ1v) is 41.1. The van der Waals surface area contributed by atoms with Gasteiger partial charge in [0.1, 0.15) is 19.8 Å². The normalized spacial score (nSPS) is 13.9. The van der Waals surface area contributed by atoms with Gasteiger partial charge in [0.2, 0.25) is 0 Å². The molecule has 550 valence electrons. The van der Waals surface area contributed by atoms with Crippen molar-refractivity contribution in [3.63, 3.8) is 0 Å². The Labute approximate surface area is 593 Å². The van der Waals surface area contributed by atoms with Gasteiger partial charge >= 0.3 is 19.8 Å². The van der Waals surface area contributed by atoms with Gasteiger partial charge in [-0.2, -0.15) is 0 Å². The molecule has 0 rings (SSSR count). The fourth-order valence-electron chi connectivity index (χ4n) is 10.8. The number of likely N-dealkylation sites (N-methyl/N-ethyl adjacent to an activating group) is 1. The maximum Gasteiger partial charge on any atom is 0.472 e. The monoisotopic (exact) mass is 1360 g/mol. The zero-order valence-electron chi connectivity index (χ0n) is 62.8. The molecule has 0 aromatic rings. The number of rotatable bonds is 72. The summed E-state index contributed by atoms with van der Waals surface area (Å²) in [6.45, 7) is 4.32. The van der Waals surface area contributed by atoms with Crippen molar-refractivity contribution >= 4 is 19.8 Å². The number of carbonyl (C=O) groups excluding carboxylic acids is 2. The van der Waals surface area contributed by atoms with Gasteiger partial charge in [0.25, 0.3) is 0 Å². The summed E-state index contributed by atoms with van der Waals surface area (Å²) in [6, 6.07) is 0. The minimum Gasteiger partial charge on any atom is -0.462 e. The van der Waals surface area contributed by atoms with E-state index < -0.39 is 26.5 Å². The lowest BCUT2D eigenvalue weighted by molar-refractivity contribution is -0.870. The molecule has 0 amide bonds. The van der Waals surface area contributed by atoms with E-state index in [1.54, 1.807) is 0 Å². The highest BCUT2D eigenvalue weighted by atomic mass is 31.2. The number of hydrogen-bond donors (Lipinski definition) is 1. The molecule has 0 saturated carbocycles. The van der Waals surface area contributed by atoms with E-state index >= 15 is 0 Å². The van der Waals surface area contributed by atoms with Crippen LogP contribution in [-0.2, 0) is 32.7 Å². The van der Waals surface area contributed by atoms with Gasteiger partial charge in [-0.1, -0.05) is 346 Å². The third kappa shape index (κ3) is 78.9. The van der Waals surface area contributed by atoms with Crippen LogP contribution in [0.4, 0.5) is 0 Å². The van der Waals surface area contributed by atoms with Gasteiger partial charge in [-0.25, -0.2) is 4.57 Å². The van der Waals surface area contributed by atoms with E-state index in [-0.39, 0.29) is 32.0 Å². The Morgan fingerprint density at radius 1 is 0.333 bits per heavy atom. The highest BCUT2D eigenvalue weighted by molar-refractivity contribution is 7.47. The molecule has 0 saturated heterocycles. The summed E-state index contributed by atoms with van der Waals surface area (Å²) >= 11 is 0. The lowest BCUT2D eigenvalue weighted by Gasteiger charge is -2.24. The van der Waals surface area contributed by atoms with Crippen LogP contribution in [0.1, 0.15) is 335 Å². The molecule has 0 aromatic heterocycles. The van der Waals surface area contributed by atoms with Crippen LogP contribution in [0.5, 0.6) is 0 Å². The van der Waals surface area contributed by atoms with Crippen LogP contribution in [0.2, 0.25) is 0 Å². The van der Waals surface area contributed by atoms with E-state index in [9.17, 15) is 19.0 Å². The number of ether oxygens (including phenoxy) is 2. The summed E-state index contributed by atoms with van der Waals surface area (Å²) in [5, 5.41) is 0. The maximum absolute atomic E-state index is 12.9. The standard InChI is InChI=1S/C86H148NO8P/c1-6-8-10-12-14-16-18-20-22-24-26-28-30-32-34-36-38-40-41-42-43-44-45-47-49-51-53-55-57-59-61-63-65-67-69-71-73-75-77-79-86(89)95-84(83-94-96(90,91)93-81-80-87(3,4)5)82-92-85(88)78-76-74-72-70-68-66-64-62-60-58-56-54-52-50-48-46-39-37-35-33-31-29-27-25-23-21-19-17-15-13-11-9-7-2/h8,10,14,16,19-22,25-28,32,34,38,40,42-43,45,47,51,53,57,59,84H,6-7,9,11-13,15,17-18,23-24,29-31,33,35-37,39,41,44,46,48-50,52,54-56,58,60-83H2,1-5H3/p+1/b10-8-,16-14-,21-19-,22-20-,27-25-,28-26-,34-32-,40-38-,43-42-,47-45-,53-51-,59-57-. The van der Waals surface area contributed by atoms with Gasteiger partial charge in [-0.05, 0) is 122 Å². The van der Waals surface area contributed by atoms with Crippen LogP contribution in [0.15, 0.2) is 146 Å². The summed E-state index contributed by atoms with van der Waals surface area (Å²) in [7, 11) is 1.47. The fourth-order valence-corrected chi connectivity index (χ4v) is 11.6. The molecule has 96 heavy (non-hydrogen) atoms. The Balaban J connectivity index is 4.05. The summed E-state index contributed by atoms with van der Waals surface area (Å²) in [6.07, 6.45) is 111. The third-order valence-corrected chi connectivity index (χ3v) is 17.8. The van der Waals surface area contributed by atoms with Gasteiger partial charge in [-0.3, -0.25) is 18.6 Å². The molecular formula is C86H149NO8P+. The number of quaternary nitrogens is 1. The van der Waals surface area contributed by atoms with Crippen LogP contribution in [-0.4, -0.2) is 74.9 Å². The Bertz CT molecular complexity index is 2140. The number of esters is 2. The van der Waals surface area contributed by atoms with Crippen LogP contribution in [0, 0.1) is 0 Å². The molecular weight excluding hydrogens is 1210 g/mol. The number of allylic oxidation sites excluding steroid dienone is 24. The van der Waals surface area contributed by atoms with Crippen molar-refractivity contribution in [2.24, 2.45) is 0 Å². The average molecular weight is 1360 g/mol. The summed E-state index contributed by atoms with van der Waals surface area (Å²) in [4.78, 5) is 36.0. The van der Waals surface area contributed by atoms with Crippen molar-refractivity contribution in [3.8, 4) is 0 Å². The summed E-state index contributed by atoms with van der Waals surface area (Å²) < 4.78 is 34.8. The topological polar surface area (TPSA) is 108 Å². The predicted molar refractivity (Wildman–Crippen MR) is 417 cm³/mol. The fraction of sp³-hybridized carbons (Fsp3) is 0.698. The molecule has 10 heteroatoms. The molecule has 2 unspecified atom stereocenters. The first kappa shape index (κ1) is 91.9. The number of phosphoric acid groups is 1. The van der Waals surface area contributed by atoms with Gasteiger partial charge in [-0.15, -0.1) is 0 Å². The van der Waals surface area contributed by atoms with E-state index in [1.165, 1.54) is 186 Å². The zero-order chi connectivity index (χ0) is 69.7. The molecule has 0 fully saturated rings. The second kappa shape index (κ2) is 75.1. The van der Waals surface area contributed by atoms with Gasteiger partial charge in [0.15, 0.2) is 6.10 Å². The molecule has 0 bridgehead atoms. The van der Waals surface area contributed by atoms with Gasteiger partial charge in [0.05, 0.1) is 27.7 Å². The Morgan fingerprint density at radius 3 is 0.885 bits per heavy atom. The Hall–Kier alpha value is -4.11. The molecule has 9 nitrogen and oxygen atoms in total. The number of unbranched alkanes of at least 4 members (excludes halogenated alkanes) is 34. The highest BCUT2D eigenvalue weighted by Gasteiger charge is 2.27.